The number of nitrogens with zero attached hydrogens (tertiary/aromatic N) is 2. The number of aliphatic imine (C=N–C) groups is 1. The summed E-state index contributed by atoms with van der Waals surface area (Å²) < 4.78 is 0. The molecule has 0 bridgehead atoms. The topological polar surface area (TPSA) is 62.2 Å². The van der Waals surface area contributed by atoms with Gasteiger partial charge in [0.15, 0.2) is 0 Å². The van der Waals surface area contributed by atoms with E-state index in [0.29, 0.717) is 16.4 Å². The van der Waals surface area contributed by atoms with Crippen molar-refractivity contribution in [1.82, 2.24) is 0 Å². The zero-order chi connectivity index (χ0) is 18.4. The van der Waals surface area contributed by atoms with Crippen LogP contribution in [-0.2, 0) is 0 Å². The highest BCUT2D eigenvalue weighted by Gasteiger charge is 1.98. The third kappa shape index (κ3) is 4.60. The first kappa shape index (κ1) is 17.5. The van der Waals surface area contributed by atoms with Gasteiger partial charge in [-0.25, -0.2) is 4.99 Å². The SMILES string of the molecule is N#Cc1ccc(-c2ccc(/C=C/C(N)=Nc3ccc(Cl)cc3)cc2)cc1. The van der Waals surface area contributed by atoms with E-state index in [0.717, 1.165) is 22.4 Å². The number of hydrogen-bond acceptors (Lipinski definition) is 2. The summed E-state index contributed by atoms with van der Waals surface area (Å²) in [6.07, 6.45) is 3.68. The normalized spacial score (nSPS) is 11.5. The number of rotatable bonds is 4. The molecule has 0 saturated carbocycles. The first-order valence-electron chi connectivity index (χ1n) is 8.02. The molecule has 3 rings (SSSR count). The second kappa shape index (κ2) is 8.15. The summed E-state index contributed by atoms with van der Waals surface area (Å²) in [4.78, 5) is 4.32. The van der Waals surface area contributed by atoms with Gasteiger partial charge >= 0.3 is 0 Å². The summed E-state index contributed by atoms with van der Waals surface area (Å²) in [5, 5.41) is 9.53. The van der Waals surface area contributed by atoms with Crippen molar-refractivity contribution < 1.29 is 0 Å². The lowest BCUT2D eigenvalue weighted by Gasteiger charge is -2.02. The predicted octanol–water partition coefficient (Wildman–Crippen LogP) is 5.58. The van der Waals surface area contributed by atoms with Crippen LogP contribution in [0.15, 0.2) is 83.9 Å². The van der Waals surface area contributed by atoms with E-state index in [-0.39, 0.29) is 0 Å². The lowest BCUT2D eigenvalue weighted by molar-refractivity contribution is 1.48. The molecule has 0 unspecified atom stereocenters. The number of amidine groups is 1. The highest BCUT2D eigenvalue weighted by molar-refractivity contribution is 6.30. The Morgan fingerprint density at radius 2 is 1.46 bits per heavy atom. The van der Waals surface area contributed by atoms with Crippen molar-refractivity contribution in [1.29, 1.82) is 5.26 Å². The van der Waals surface area contributed by atoms with E-state index in [4.69, 9.17) is 22.6 Å². The third-order valence-corrected chi connectivity index (χ3v) is 4.04. The Morgan fingerprint density at radius 3 is 2.04 bits per heavy atom. The van der Waals surface area contributed by atoms with Gasteiger partial charge in [-0.3, -0.25) is 0 Å². The van der Waals surface area contributed by atoms with Crippen LogP contribution < -0.4 is 5.73 Å². The maximum Gasteiger partial charge on any atom is 0.124 e. The first-order valence-corrected chi connectivity index (χ1v) is 8.40. The summed E-state index contributed by atoms with van der Waals surface area (Å²) in [5.74, 6) is 0.420. The molecule has 0 aliphatic rings. The maximum absolute atomic E-state index is 8.86. The fourth-order valence-electron chi connectivity index (χ4n) is 2.41. The average molecular weight is 358 g/mol. The Hall–Kier alpha value is -3.35. The van der Waals surface area contributed by atoms with Crippen molar-refractivity contribution in [3.05, 3.63) is 95.0 Å². The predicted molar refractivity (Wildman–Crippen MR) is 108 cm³/mol. The van der Waals surface area contributed by atoms with Gasteiger partial charge in [0.25, 0.3) is 0 Å². The molecule has 0 saturated heterocycles. The summed E-state index contributed by atoms with van der Waals surface area (Å²) in [6.45, 7) is 0. The Kier molecular flexibility index (Phi) is 5.48. The van der Waals surface area contributed by atoms with Crippen molar-refractivity contribution >= 4 is 29.2 Å². The van der Waals surface area contributed by atoms with Gasteiger partial charge in [0.1, 0.15) is 5.84 Å². The molecule has 26 heavy (non-hydrogen) atoms. The first-order chi connectivity index (χ1) is 12.6. The van der Waals surface area contributed by atoms with E-state index in [1.54, 1.807) is 18.2 Å². The minimum absolute atomic E-state index is 0.420. The zero-order valence-electron chi connectivity index (χ0n) is 13.9. The van der Waals surface area contributed by atoms with E-state index in [1.807, 2.05) is 66.7 Å². The molecular weight excluding hydrogens is 342 g/mol. The van der Waals surface area contributed by atoms with Crippen LogP contribution in [0.5, 0.6) is 0 Å². The van der Waals surface area contributed by atoms with Gasteiger partial charge in [0.05, 0.1) is 17.3 Å². The Balaban J connectivity index is 1.71. The van der Waals surface area contributed by atoms with Gasteiger partial charge in [-0.15, -0.1) is 0 Å². The fraction of sp³-hybridized carbons (Fsp3) is 0. The van der Waals surface area contributed by atoms with Crippen LogP contribution in [0.2, 0.25) is 5.02 Å². The molecule has 0 atom stereocenters. The van der Waals surface area contributed by atoms with Gasteiger partial charge in [0, 0.05) is 5.02 Å². The molecule has 0 fully saturated rings. The molecule has 126 valence electrons. The molecule has 4 heteroatoms. The van der Waals surface area contributed by atoms with Crippen LogP contribution in [0, 0.1) is 11.3 Å². The minimum Gasteiger partial charge on any atom is -0.384 e. The molecule has 0 aromatic heterocycles. The number of nitrogens with two attached hydrogens (primary N) is 1. The summed E-state index contributed by atoms with van der Waals surface area (Å²) in [7, 11) is 0. The van der Waals surface area contributed by atoms with Gasteiger partial charge in [0.2, 0.25) is 0 Å². The molecule has 0 spiro atoms. The van der Waals surface area contributed by atoms with E-state index in [1.165, 1.54) is 0 Å². The molecule has 3 aromatic carbocycles. The molecule has 0 aliphatic carbocycles. The second-order valence-electron chi connectivity index (χ2n) is 5.66. The summed E-state index contributed by atoms with van der Waals surface area (Å²) >= 11 is 5.85. The Bertz CT molecular complexity index is 978. The monoisotopic (exact) mass is 357 g/mol. The van der Waals surface area contributed by atoms with Crippen LogP contribution >= 0.6 is 11.6 Å². The van der Waals surface area contributed by atoms with Crippen LogP contribution in [0.1, 0.15) is 11.1 Å². The van der Waals surface area contributed by atoms with E-state index < -0.39 is 0 Å². The molecule has 3 nitrogen and oxygen atoms in total. The van der Waals surface area contributed by atoms with Crippen molar-refractivity contribution in [2.24, 2.45) is 10.7 Å². The molecule has 0 radical (unpaired) electrons. The number of nitriles is 1. The molecule has 3 aromatic rings. The van der Waals surface area contributed by atoms with Crippen molar-refractivity contribution in [2.45, 2.75) is 0 Å². The highest BCUT2D eigenvalue weighted by Crippen LogP contribution is 2.21. The summed E-state index contributed by atoms with van der Waals surface area (Å²) in [5.41, 5.74) is 10.5. The van der Waals surface area contributed by atoms with E-state index >= 15 is 0 Å². The summed E-state index contributed by atoms with van der Waals surface area (Å²) in [6, 6.07) is 24.9. The molecule has 2 N–H and O–H groups in total. The third-order valence-electron chi connectivity index (χ3n) is 3.79. The maximum atomic E-state index is 8.86. The largest absolute Gasteiger partial charge is 0.384 e. The van der Waals surface area contributed by atoms with Crippen molar-refractivity contribution in [3.8, 4) is 17.2 Å². The second-order valence-corrected chi connectivity index (χ2v) is 6.09. The van der Waals surface area contributed by atoms with Crippen LogP contribution in [0.4, 0.5) is 5.69 Å². The Labute approximate surface area is 157 Å². The lowest BCUT2D eigenvalue weighted by atomic mass is 10.0. The number of hydrogen-bond donors (Lipinski definition) is 1. The quantitative estimate of drug-likeness (QED) is 0.489. The molecule has 0 heterocycles. The van der Waals surface area contributed by atoms with Crippen molar-refractivity contribution in [3.63, 3.8) is 0 Å². The zero-order valence-corrected chi connectivity index (χ0v) is 14.7. The molecular formula is C22H16ClN3. The number of halogens is 1. The van der Waals surface area contributed by atoms with Crippen LogP contribution in [-0.4, -0.2) is 5.84 Å². The Morgan fingerprint density at radius 1 is 0.885 bits per heavy atom. The van der Waals surface area contributed by atoms with Crippen molar-refractivity contribution in [2.75, 3.05) is 0 Å². The number of benzene rings is 3. The lowest BCUT2D eigenvalue weighted by Crippen LogP contribution is -2.06. The fourth-order valence-corrected chi connectivity index (χ4v) is 2.53. The van der Waals surface area contributed by atoms with Gasteiger partial charge < -0.3 is 5.73 Å². The van der Waals surface area contributed by atoms with Crippen LogP contribution in [0.25, 0.3) is 17.2 Å². The van der Waals surface area contributed by atoms with Crippen LogP contribution in [0.3, 0.4) is 0 Å². The van der Waals surface area contributed by atoms with E-state index in [9.17, 15) is 0 Å². The molecule has 0 amide bonds. The minimum atomic E-state index is 0.420. The standard InChI is InChI=1S/C22H16ClN3/c23-20-10-12-21(13-11-20)26-22(25)14-5-16-1-6-18(7-2-16)19-8-3-17(15-24)4-9-19/h1-14H,(H2,25,26)/b14-5+. The van der Waals surface area contributed by atoms with Gasteiger partial charge in [-0.05, 0) is 59.2 Å². The average Bonchev–Trinajstić information content (AvgIpc) is 2.69. The smallest absolute Gasteiger partial charge is 0.124 e. The highest BCUT2D eigenvalue weighted by atomic mass is 35.5. The molecule has 0 aliphatic heterocycles. The van der Waals surface area contributed by atoms with Gasteiger partial charge in [-0.1, -0.05) is 54.1 Å². The van der Waals surface area contributed by atoms with E-state index in [2.05, 4.69) is 11.1 Å². The van der Waals surface area contributed by atoms with Gasteiger partial charge in [-0.2, -0.15) is 5.26 Å².